The van der Waals surface area contributed by atoms with Crippen LogP contribution in [-0.2, 0) is 14.3 Å². The molecule has 7 heteroatoms. The lowest BCUT2D eigenvalue weighted by atomic mass is 9.64. The molecule has 1 saturated carbocycles. The van der Waals surface area contributed by atoms with Gasteiger partial charge in [-0.25, -0.2) is 4.79 Å². The van der Waals surface area contributed by atoms with Gasteiger partial charge in [-0.3, -0.25) is 0 Å². The summed E-state index contributed by atoms with van der Waals surface area (Å²) in [5.41, 5.74) is -0.330. The molecule has 4 aliphatic heterocycles. The highest BCUT2D eigenvalue weighted by Gasteiger charge is 2.69. The lowest BCUT2D eigenvalue weighted by Gasteiger charge is -2.54. The van der Waals surface area contributed by atoms with Crippen molar-refractivity contribution in [3.8, 4) is 0 Å². The first-order valence-electron chi connectivity index (χ1n) is 10.8. The molecule has 166 valence electrons. The number of aliphatic hydroxyl groups is 2. The first kappa shape index (κ1) is 22.3. The molecule has 1 aliphatic carbocycles. The van der Waals surface area contributed by atoms with E-state index >= 15 is 0 Å². The van der Waals surface area contributed by atoms with Gasteiger partial charge < -0.3 is 19.7 Å². The van der Waals surface area contributed by atoms with E-state index in [1.54, 1.807) is 35.7 Å². The van der Waals surface area contributed by atoms with E-state index in [0.717, 1.165) is 17.9 Å². The van der Waals surface area contributed by atoms with Gasteiger partial charge in [-0.2, -0.15) is 0 Å². The number of fused-ring (bicyclic) bond motifs is 2. The predicted octanol–water partition coefficient (Wildman–Crippen LogP) is 3.52. The Labute approximate surface area is 187 Å². The van der Waals surface area contributed by atoms with Crippen LogP contribution >= 0.6 is 23.5 Å². The number of rotatable bonds is 7. The molecule has 0 amide bonds. The Morgan fingerprint density at radius 2 is 1.97 bits per heavy atom. The van der Waals surface area contributed by atoms with Crippen molar-refractivity contribution in [2.24, 2.45) is 23.7 Å². The van der Waals surface area contributed by atoms with Gasteiger partial charge in [0.15, 0.2) is 11.4 Å². The molecule has 1 spiro atoms. The molecule has 3 unspecified atom stereocenters. The Morgan fingerprint density at radius 1 is 1.30 bits per heavy atom. The number of esters is 1. The van der Waals surface area contributed by atoms with E-state index in [9.17, 15) is 15.0 Å². The maximum atomic E-state index is 13.4. The summed E-state index contributed by atoms with van der Waals surface area (Å²) in [6.45, 7) is 13.8. The molecule has 0 aromatic carbocycles. The van der Waals surface area contributed by atoms with Gasteiger partial charge in [0.25, 0.3) is 0 Å². The minimum absolute atomic E-state index is 0.0275. The maximum absolute atomic E-state index is 13.4. The van der Waals surface area contributed by atoms with E-state index in [-0.39, 0.29) is 35.7 Å². The summed E-state index contributed by atoms with van der Waals surface area (Å²) in [7, 11) is 0. The second-order valence-electron chi connectivity index (χ2n) is 9.20. The number of carbonyl (C=O) groups is 1. The maximum Gasteiger partial charge on any atom is 0.340 e. The average Bonchev–Trinajstić information content (AvgIpc) is 3.29. The first-order valence-corrected chi connectivity index (χ1v) is 12.7. The van der Waals surface area contributed by atoms with Crippen LogP contribution in [0.1, 0.15) is 33.6 Å². The van der Waals surface area contributed by atoms with Gasteiger partial charge >= 0.3 is 5.97 Å². The molecule has 0 aromatic rings. The Kier molecular flexibility index (Phi) is 5.88. The highest BCUT2D eigenvalue weighted by molar-refractivity contribution is 8.21. The van der Waals surface area contributed by atoms with Crippen LogP contribution in [0.15, 0.2) is 36.6 Å². The lowest BCUT2D eigenvalue weighted by Crippen LogP contribution is -2.63. The molecule has 30 heavy (non-hydrogen) atoms. The number of thioether (sulfide) groups is 2. The molecule has 0 radical (unpaired) electrons. The summed E-state index contributed by atoms with van der Waals surface area (Å²) in [5, 5.41) is 21.0. The Balaban J connectivity index is 1.78. The summed E-state index contributed by atoms with van der Waals surface area (Å²) in [5.74, 6) is 2.04. The number of carbonyl (C=O) groups excluding carboxylic acids is 1. The number of aliphatic hydroxyl groups excluding tert-OH is 2. The summed E-state index contributed by atoms with van der Waals surface area (Å²) < 4.78 is 12.0. The molecular weight excluding hydrogens is 420 g/mol. The van der Waals surface area contributed by atoms with E-state index in [2.05, 4.69) is 20.1 Å². The fraction of sp³-hybridized carbons (Fsp3) is 0.696. The van der Waals surface area contributed by atoms with Gasteiger partial charge in [-0.15, -0.1) is 36.7 Å². The SMILES string of the molecule is C=CC(O)[C@@H](C)C[C@@H](C)C1(C2=C3OC4[C@@H](O)C(C=C)[C@@]3(C[C@H]4C)OC2=O)SCCS1. The molecule has 5 rings (SSSR count). The second kappa shape index (κ2) is 7.91. The van der Waals surface area contributed by atoms with E-state index in [1.165, 1.54) is 0 Å². The van der Waals surface area contributed by atoms with Crippen LogP contribution < -0.4 is 0 Å². The fourth-order valence-corrected chi connectivity index (χ4v) is 9.28. The van der Waals surface area contributed by atoms with Gasteiger partial charge in [0.1, 0.15) is 17.8 Å². The summed E-state index contributed by atoms with van der Waals surface area (Å²) >= 11 is 3.56. The van der Waals surface area contributed by atoms with E-state index in [1.807, 2.05) is 13.8 Å². The Morgan fingerprint density at radius 3 is 2.57 bits per heavy atom. The molecule has 2 bridgehead atoms. The van der Waals surface area contributed by atoms with Crippen LogP contribution in [0, 0.1) is 23.7 Å². The fourth-order valence-electron chi connectivity index (χ4n) is 5.77. The van der Waals surface area contributed by atoms with Crippen LogP contribution in [0.25, 0.3) is 0 Å². The molecular formula is C23H32O5S2. The van der Waals surface area contributed by atoms with Crippen LogP contribution in [-0.4, -0.2) is 55.7 Å². The predicted molar refractivity (Wildman–Crippen MR) is 121 cm³/mol. The topological polar surface area (TPSA) is 76.0 Å². The highest BCUT2D eigenvalue weighted by Crippen LogP contribution is 2.63. The van der Waals surface area contributed by atoms with Crippen LogP contribution in [0.4, 0.5) is 0 Å². The zero-order valence-corrected chi connectivity index (χ0v) is 19.5. The number of hydrogen-bond donors (Lipinski definition) is 2. The molecule has 5 aliphatic rings. The van der Waals surface area contributed by atoms with Gasteiger partial charge in [-0.1, -0.05) is 32.9 Å². The van der Waals surface area contributed by atoms with Crippen molar-refractivity contribution >= 4 is 29.5 Å². The van der Waals surface area contributed by atoms with E-state index in [0.29, 0.717) is 17.8 Å². The minimum Gasteiger partial charge on any atom is -0.487 e. The van der Waals surface area contributed by atoms with Crippen LogP contribution in [0.2, 0.25) is 0 Å². The van der Waals surface area contributed by atoms with Crippen molar-refractivity contribution < 1.29 is 24.5 Å². The quantitative estimate of drug-likeness (QED) is 0.452. The van der Waals surface area contributed by atoms with E-state index in [4.69, 9.17) is 9.47 Å². The molecule has 4 fully saturated rings. The van der Waals surface area contributed by atoms with Crippen molar-refractivity contribution in [2.45, 2.75) is 61.6 Å². The zero-order valence-electron chi connectivity index (χ0n) is 17.9. The number of ether oxygens (including phenoxy) is 2. The molecule has 5 nitrogen and oxygen atoms in total. The van der Waals surface area contributed by atoms with Crippen molar-refractivity contribution in [1.82, 2.24) is 0 Å². The number of hydrogen-bond acceptors (Lipinski definition) is 7. The van der Waals surface area contributed by atoms with Crippen molar-refractivity contribution in [1.29, 1.82) is 0 Å². The first-order chi connectivity index (χ1) is 14.2. The summed E-state index contributed by atoms with van der Waals surface area (Å²) in [6, 6.07) is 0. The third-order valence-electron chi connectivity index (χ3n) is 7.29. The third kappa shape index (κ3) is 3.03. The third-order valence-corrected chi connectivity index (χ3v) is 11.1. The molecule has 2 N–H and O–H groups in total. The van der Waals surface area contributed by atoms with Gasteiger partial charge in [0, 0.05) is 17.9 Å². The minimum atomic E-state index is -0.954. The van der Waals surface area contributed by atoms with E-state index < -0.39 is 21.9 Å². The smallest absolute Gasteiger partial charge is 0.340 e. The largest absolute Gasteiger partial charge is 0.487 e. The van der Waals surface area contributed by atoms with Crippen LogP contribution in [0.3, 0.4) is 0 Å². The highest BCUT2D eigenvalue weighted by atomic mass is 32.2. The molecule has 3 saturated heterocycles. The molecule has 0 aromatic heterocycles. The Bertz CT molecular complexity index is 774. The van der Waals surface area contributed by atoms with Crippen molar-refractivity contribution in [3.05, 3.63) is 36.6 Å². The van der Waals surface area contributed by atoms with Crippen LogP contribution in [0.5, 0.6) is 0 Å². The normalized spacial score (nSPS) is 39.7. The zero-order chi connectivity index (χ0) is 21.8. The lowest BCUT2D eigenvalue weighted by molar-refractivity contribution is -0.220. The second-order valence-corrected chi connectivity index (χ2v) is 12.1. The standard InChI is InChI=1S/C23H32O5S2/c1-6-15-18(25)19-13(4)11-22(15)20(27-19)17(21(26)28-22)23(29-8-9-30-23)14(5)10-12(3)16(24)7-2/h6-7,12-16,18-19,24-25H,1-2,8-11H2,3-5H3/t12-,13+,14+,15?,16?,18-,19?,22+/m0/s1. The Hall–Kier alpha value is -0.890. The van der Waals surface area contributed by atoms with Crippen molar-refractivity contribution in [2.75, 3.05) is 11.5 Å². The van der Waals surface area contributed by atoms with Crippen molar-refractivity contribution in [3.63, 3.8) is 0 Å². The molecule has 8 atom stereocenters. The van der Waals surface area contributed by atoms with Gasteiger partial charge in [0.05, 0.1) is 16.1 Å². The van der Waals surface area contributed by atoms with Gasteiger partial charge in [-0.05, 0) is 24.2 Å². The molecule has 4 heterocycles. The monoisotopic (exact) mass is 452 g/mol. The summed E-state index contributed by atoms with van der Waals surface area (Å²) in [4.78, 5) is 13.4. The summed E-state index contributed by atoms with van der Waals surface area (Å²) in [6.07, 6.45) is 3.00. The van der Waals surface area contributed by atoms with Gasteiger partial charge in [0.2, 0.25) is 0 Å². The average molecular weight is 453 g/mol.